The molecular weight excluding hydrogens is 274 g/mol. The van der Waals surface area contributed by atoms with Gasteiger partial charge in [-0.3, -0.25) is 4.79 Å². The molecule has 0 bridgehead atoms. The molecule has 0 spiro atoms. The number of rotatable bonds is 1. The molecule has 1 aliphatic heterocycles. The number of carbonyl (C=O) groups is 1. The fraction of sp³-hybridized carbons (Fsp3) is 0.222. The number of aromatic nitrogens is 2. The summed E-state index contributed by atoms with van der Waals surface area (Å²) in [6.45, 7) is 3.33. The Morgan fingerprint density at radius 3 is 2.82 bits per heavy atom. The van der Waals surface area contributed by atoms with Crippen molar-refractivity contribution >= 4 is 11.6 Å². The van der Waals surface area contributed by atoms with Crippen molar-refractivity contribution in [2.75, 3.05) is 6.54 Å². The zero-order chi connectivity index (χ0) is 15.1. The first-order valence-corrected chi connectivity index (χ1v) is 7.54. The van der Waals surface area contributed by atoms with Crippen LogP contribution >= 0.6 is 0 Å². The molecule has 110 valence electrons. The number of pyridine rings is 1. The van der Waals surface area contributed by atoms with Gasteiger partial charge >= 0.3 is 0 Å². The number of aryl methyl sites for hydroxylation is 1. The number of carbonyl (C=O) groups excluding carboxylic acids is 1. The number of amides is 1. The molecule has 4 heteroatoms. The van der Waals surface area contributed by atoms with E-state index in [1.54, 1.807) is 0 Å². The van der Waals surface area contributed by atoms with E-state index >= 15 is 0 Å². The summed E-state index contributed by atoms with van der Waals surface area (Å²) in [6.07, 6.45) is 2.83. The predicted molar refractivity (Wildman–Crippen MR) is 84.8 cm³/mol. The molecule has 3 aromatic rings. The third kappa shape index (κ3) is 1.99. The summed E-state index contributed by atoms with van der Waals surface area (Å²) in [5, 5.41) is 0. The first-order chi connectivity index (χ1) is 10.7. The lowest BCUT2D eigenvalue weighted by Gasteiger charge is -2.27. The Morgan fingerprint density at radius 1 is 1.14 bits per heavy atom. The van der Waals surface area contributed by atoms with E-state index in [4.69, 9.17) is 0 Å². The van der Waals surface area contributed by atoms with Gasteiger partial charge in [0.15, 0.2) is 0 Å². The fourth-order valence-corrected chi connectivity index (χ4v) is 3.12. The Labute approximate surface area is 129 Å². The summed E-state index contributed by atoms with van der Waals surface area (Å²) in [5.74, 6) is 0.106. The Kier molecular flexibility index (Phi) is 2.96. The molecule has 0 unspecified atom stereocenters. The van der Waals surface area contributed by atoms with Crippen molar-refractivity contribution in [3.63, 3.8) is 0 Å². The van der Waals surface area contributed by atoms with Crippen LogP contribution in [0.4, 0.5) is 0 Å². The molecular formula is C18H17N3O. The molecule has 4 rings (SSSR count). The Balaban J connectivity index is 1.70. The fourth-order valence-electron chi connectivity index (χ4n) is 3.12. The van der Waals surface area contributed by atoms with Crippen molar-refractivity contribution in [2.45, 2.75) is 19.9 Å². The van der Waals surface area contributed by atoms with Crippen molar-refractivity contribution < 1.29 is 4.79 Å². The Bertz CT molecular complexity index is 866. The molecule has 22 heavy (non-hydrogen) atoms. The molecule has 0 saturated carbocycles. The third-order valence-electron chi connectivity index (χ3n) is 4.33. The number of hydrogen-bond donors (Lipinski definition) is 0. The minimum absolute atomic E-state index is 0.106. The van der Waals surface area contributed by atoms with Crippen LogP contribution in [-0.2, 0) is 13.0 Å². The van der Waals surface area contributed by atoms with Gasteiger partial charge in [-0.05, 0) is 30.7 Å². The van der Waals surface area contributed by atoms with Gasteiger partial charge in [0.1, 0.15) is 5.65 Å². The topological polar surface area (TPSA) is 37.6 Å². The number of fused-ring (bicyclic) bond motifs is 3. The molecule has 0 fully saturated rings. The van der Waals surface area contributed by atoms with Crippen LogP contribution in [0.5, 0.6) is 0 Å². The monoisotopic (exact) mass is 291 g/mol. The lowest BCUT2D eigenvalue weighted by atomic mass is 10.1. The van der Waals surface area contributed by atoms with E-state index in [1.807, 2.05) is 60.5 Å². The van der Waals surface area contributed by atoms with Gasteiger partial charge in [0.25, 0.3) is 5.91 Å². The summed E-state index contributed by atoms with van der Waals surface area (Å²) in [4.78, 5) is 19.4. The van der Waals surface area contributed by atoms with E-state index in [2.05, 4.69) is 9.38 Å². The van der Waals surface area contributed by atoms with Gasteiger partial charge in [0, 0.05) is 24.7 Å². The number of benzene rings is 1. The number of hydrogen-bond acceptors (Lipinski definition) is 2. The summed E-state index contributed by atoms with van der Waals surface area (Å²) in [7, 11) is 0. The highest BCUT2D eigenvalue weighted by Crippen LogP contribution is 2.22. The highest BCUT2D eigenvalue weighted by Gasteiger charge is 2.25. The quantitative estimate of drug-likeness (QED) is 0.691. The van der Waals surface area contributed by atoms with Crippen LogP contribution in [0.15, 0.2) is 48.7 Å². The molecule has 1 amide bonds. The second kappa shape index (κ2) is 4.98. The average molecular weight is 291 g/mol. The third-order valence-corrected chi connectivity index (χ3v) is 4.33. The normalized spacial score (nSPS) is 14.1. The van der Waals surface area contributed by atoms with E-state index in [0.29, 0.717) is 6.54 Å². The lowest BCUT2D eigenvalue weighted by molar-refractivity contribution is 0.0730. The molecule has 0 saturated heterocycles. The molecule has 4 nitrogen and oxygen atoms in total. The molecule has 1 aliphatic rings. The molecule has 0 N–H and O–H groups in total. The zero-order valence-electron chi connectivity index (χ0n) is 12.5. The minimum Gasteiger partial charge on any atom is -0.332 e. The molecule has 3 heterocycles. The van der Waals surface area contributed by atoms with Crippen molar-refractivity contribution in [3.05, 3.63) is 71.2 Å². The van der Waals surface area contributed by atoms with Gasteiger partial charge in [0.05, 0.1) is 17.9 Å². The van der Waals surface area contributed by atoms with Crippen LogP contribution in [0.25, 0.3) is 5.65 Å². The first-order valence-electron chi connectivity index (χ1n) is 7.54. The predicted octanol–water partition coefficient (Wildman–Crippen LogP) is 2.84. The van der Waals surface area contributed by atoms with Gasteiger partial charge in [-0.2, -0.15) is 0 Å². The molecule has 0 aliphatic carbocycles. The Morgan fingerprint density at radius 2 is 1.95 bits per heavy atom. The van der Waals surface area contributed by atoms with E-state index in [9.17, 15) is 4.79 Å². The van der Waals surface area contributed by atoms with Crippen molar-refractivity contribution in [3.8, 4) is 0 Å². The van der Waals surface area contributed by atoms with Gasteiger partial charge in [-0.15, -0.1) is 0 Å². The second-order valence-electron chi connectivity index (χ2n) is 5.73. The summed E-state index contributed by atoms with van der Waals surface area (Å²) >= 11 is 0. The van der Waals surface area contributed by atoms with Crippen molar-refractivity contribution in [1.82, 2.24) is 14.3 Å². The van der Waals surface area contributed by atoms with Gasteiger partial charge < -0.3 is 9.30 Å². The summed E-state index contributed by atoms with van der Waals surface area (Å²) in [6, 6.07) is 13.8. The van der Waals surface area contributed by atoms with Crippen LogP contribution in [0.1, 0.15) is 27.3 Å². The van der Waals surface area contributed by atoms with Crippen LogP contribution < -0.4 is 0 Å². The minimum atomic E-state index is 0.106. The molecule has 0 radical (unpaired) electrons. The van der Waals surface area contributed by atoms with Crippen molar-refractivity contribution in [2.24, 2.45) is 0 Å². The first kappa shape index (κ1) is 13.1. The van der Waals surface area contributed by atoms with E-state index in [1.165, 1.54) is 0 Å². The van der Waals surface area contributed by atoms with Gasteiger partial charge in [-0.1, -0.05) is 24.3 Å². The molecule has 0 atom stereocenters. The Hall–Kier alpha value is -2.62. The van der Waals surface area contributed by atoms with Crippen LogP contribution in [0.2, 0.25) is 0 Å². The maximum Gasteiger partial charge on any atom is 0.254 e. The van der Waals surface area contributed by atoms with Gasteiger partial charge in [0.2, 0.25) is 0 Å². The molecule has 2 aromatic heterocycles. The summed E-state index contributed by atoms with van der Waals surface area (Å²) < 4.78 is 2.09. The number of imidazole rings is 1. The SMILES string of the molecule is Cc1ccccc1C(=O)N1CCc2nc3ccccn3c2C1. The maximum atomic E-state index is 12.8. The van der Waals surface area contributed by atoms with Crippen molar-refractivity contribution in [1.29, 1.82) is 0 Å². The molecule has 1 aromatic carbocycles. The second-order valence-corrected chi connectivity index (χ2v) is 5.73. The van der Waals surface area contributed by atoms with E-state index in [-0.39, 0.29) is 5.91 Å². The highest BCUT2D eigenvalue weighted by molar-refractivity contribution is 5.95. The van der Waals surface area contributed by atoms with Crippen LogP contribution in [0, 0.1) is 6.92 Å². The van der Waals surface area contributed by atoms with Crippen LogP contribution in [-0.4, -0.2) is 26.7 Å². The van der Waals surface area contributed by atoms with E-state index in [0.717, 1.165) is 41.1 Å². The standard InChI is InChI=1S/C18H17N3O/c1-13-6-2-3-7-14(13)18(22)20-11-9-15-16(12-20)21-10-5-4-8-17(21)19-15/h2-8,10H,9,11-12H2,1H3. The summed E-state index contributed by atoms with van der Waals surface area (Å²) in [5.41, 5.74) is 5.01. The highest BCUT2D eigenvalue weighted by atomic mass is 16.2. The zero-order valence-corrected chi connectivity index (χ0v) is 12.5. The van der Waals surface area contributed by atoms with E-state index < -0.39 is 0 Å². The lowest BCUT2D eigenvalue weighted by Crippen LogP contribution is -2.36. The largest absolute Gasteiger partial charge is 0.332 e. The van der Waals surface area contributed by atoms with Crippen LogP contribution in [0.3, 0.4) is 0 Å². The number of nitrogens with zero attached hydrogens (tertiary/aromatic N) is 3. The smallest absolute Gasteiger partial charge is 0.254 e. The van der Waals surface area contributed by atoms with Gasteiger partial charge in [-0.25, -0.2) is 4.98 Å². The maximum absolute atomic E-state index is 12.8. The average Bonchev–Trinajstić information content (AvgIpc) is 2.92.